The molecule has 1 fully saturated rings. The summed E-state index contributed by atoms with van der Waals surface area (Å²) in [5, 5.41) is 5.03. The minimum absolute atomic E-state index is 0.0843. The van der Waals surface area contributed by atoms with Crippen molar-refractivity contribution in [3.63, 3.8) is 0 Å². The molecule has 1 rings (SSSR count). The van der Waals surface area contributed by atoms with Crippen LogP contribution in [0.15, 0.2) is 0 Å². The highest BCUT2D eigenvalue weighted by molar-refractivity contribution is 7.86. The van der Waals surface area contributed by atoms with Crippen LogP contribution in [0.2, 0.25) is 0 Å². The molecular weight excluding hydrogens is 256 g/mol. The lowest BCUT2D eigenvalue weighted by Gasteiger charge is -2.33. The van der Waals surface area contributed by atoms with Gasteiger partial charge in [-0.3, -0.25) is 4.79 Å². The molecule has 0 bridgehead atoms. The Morgan fingerprint density at radius 1 is 1.06 bits per heavy atom. The van der Waals surface area contributed by atoms with Crippen LogP contribution in [0.25, 0.3) is 0 Å². The van der Waals surface area contributed by atoms with Crippen molar-refractivity contribution in [3.8, 4) is 0 Å². The van der Waals surface area contributed by atoms with Gasteiger partial charge in [0.2, 0.25) is 5.91 Å². The molecule has 1 aliphatic heterocycles. The highest BCUT2D eigenvalue weighted by Crippen LogP contribution is 2.08. The Bertz CT molecular complexity index is 363. The summed E-state index contributed by atoms with van der Waals surface area (Å²) in [7, 11) is -3.62. The number of nitrogens with zero attached hydrogens (tertiary/aromatic N) is 2. The third-order valence-corrected chi connectivity index (χ3v) is 4.13. The molecule has 0 aromatic rings. The summed E-state index contributed by atoms with van der Waals surface area (Å²) >= 11 is 0. The lowest BCUT2D eigenvalue weighted by Crippen LogP contribution is -2.52. The number of nitrogens with two attached hydrogens (primary N) is 2. The second-order valence-corrected chi connectivity index (χ2v) is 5.97. The van der Waals surface area contributed by atoms with E-state index in [0.717, 1.165) is 19.3 Å². The second-order valence-electron chi connectivity index (χ2n) is 4.42. The first-order chi connectivity index (χ1) is 8.45. The van der Waals surface area contributed by atoms with E-state index in [9.17, 15) is 13.2 Å². The smallest absolute Gasteiger partial charge is 0.277 e. The first-order valence-electron chi connectivity index (χ1n) is 6.21. The molecular formula is C10H22N4O3S. The third kappa shape index (κ3) is 4.89. The van der Waals surface area contributed by atoms with Gasteiger partial charge in [0, 0.05) is 32.6 Å². The van der Waals surface area contributed by atoms with Gasteiger partial charge in [0.25, 0.3) is 10.2 Å². The third-order valence-electron chi connectivity index (χ3n) is 3.05. The quantitative estimate of drug-likeness (QED) is 0.598. The van der Waals surface area contributed by atoms with Gasteiger partial charge in [0.05, 0.1) is 0 Å². The number of piperazine rings is 1. The van der Waals surface area contributed by atoms with Gasteiger partial charge in [0.15, 0.2) is 0 Å². The molecule has 0 spiro atoms. The highest BCUT2D eigenvalue weighted by atomic mass is 32.2. The van der Waals surface area contributed by atoms with Gasteiger partial charge >= 0.3 is 0 Å². The standard InChI is InChI=1S/C10H22N4O3S/c11-5-3-1-2-4-10(15)13-6-8-14(9-7-13)18(12,16)17/h1-9,11H2,(H2,12,16,17). The van der Waals surface area contributed by atoms with Crippen LogP contribution in [0.3, 0.4) is 0 Å². The van der Waals surface area contributed by atoms with Crippen LogP contribution in [-0.2, 0) is 15.0 Å². The van der Waals surface area contributed by atoms with Gasteiger partial charge in [-0.1, -0.05) is 6.42 Å². The molecule has 7 nitrogen and oxygen atoms in total. The molecule has 0 aromatic carbocycles. The zero-order chi connectivity index (χ0) is 13.6. The van der Waals surface area contributed by atoms with E-state index in [0.29, 0.717) is 26.1 Å². The Morgan fingerprint density at radius 3 is 2.17 bits per heavy atom. The van der Waals surface area contributed by atoms with Crippen molar-refractivity contribution in [1.82, 2.24) is 9.21 Å². The predicted molar refractivity (Wildman–Crippen MR) is 68.8 cm³/mol. The maximum Gasteiger partial charge on any atom is 0.277 e. The fourth-order valence-corrected chi connectivity index (χ4v) is 2.62. The summed E-state index contributed by atoms with van der Waals surface area (Å²) in [6.45, 7) is 2.07. The van der Waals surface area contributed by atoms with E-state index in [1.54, 1.807) is 4.90 Å². The number of carbonyl (C=O) groups is 1. The van der Waals surface area contributed by atoms with Crippen LogP contribution >= 0.6 is 0 Å². The molecule has 106 valence electrons. The molecule has 4 N–H and O–H groups in total. The van der Waals surface area contributed by atoms with Crippen molar-refractivity contribution in [2.45, 2.75) is 25.7 Å². The van der Waals surface area contributed by atoms with Gasteiger partial charge in [-0.15, -0.1) is 0 Å². The molecule has 1 heterocycles. The number of carbonyl (C=O) groups excluding carboxylic acids is 1. The zero-order valence-electron chi connectivity index (χ0n) is 10.5. The Balaban J connectivity index is 2.28. The van der Waals surface area contributed by atoms with E-state index in [2.05, 4.69) is 0 Å². The largest absolute Gasteiger partial charge is 0.340 e. The zero-order valence-corrected chi connectivity index (χ0v) is 11.4. The van der Waals surface area contributed by atoms with Crippen molar-refractivity contribution >= 4 is 16.1 Å². The van der Waals surface area contributed by atoms with Crippen LogP contribution in [0, 0.1) is 0 Å². The van der Waals surface area contributed by atoms with E-state index in [1.807, 2.05) is 0 Å². The number of rotatable bonds is 6. The Morgan fingerprint density at radius 2 is 1.67 bits per heavy atom. The van der Waals surface area contributed by atoms with Crippen LogP contribution < -0.4 is 10.9 Å². The summed E-state index contributed by atoms with van der Waals surface area (Å²) in [5.74, 6) is 0.0843. The molecule has 1 amide bonds. The van der Waals surface area contributed by atoms with Crippen molar-refractivity contribution in [2.24, 2.45) is 10.9 Å². The molecule has 0 unspecified atom stereocenters. The number of hydrogen-bond acceptors (Lipinski definition) is 4. The van der Waals surface area contributed by atoms with Gasteiger partial charge in [-0.05, 0) is 19.4 Å². The van der Waals surface area contributed by atoms with E-state index < -0.39 is 10.2 Å². The van der Waals surface area contributed by atoms with Gasteiger partial charge in [0.1, 0.15) is 0 Å². The molecule has 0 radical (unpaired) electrons. The van der Waals surface area contributed by atoms with Crippen LogP contribution in [0.1, 0.15) is 25.7 Å². The van der Waals surface area contributed by atoms with E-state index in [-0.39, 0.29) is 19.0 Å². The number of hydrogen-bond donors (Lipinski definition) is 2. The maximum atomic E-state index is 11.8. The SMILES string of the molecule is NCCCCCC(=O)N1CCN(S(N)(=O)=O)CC1. The second kappa shape index (κ2) is 7.03. The Labute approximate surface area is 108 Å². The Hall–Kier alpha value is -0.700. The summed E-state index contributed by atoms with van der Waals surface area (Å²) in [5.41, 5.74) is 5.37. The lowest BCUT2D eigenvalue weighted by molar-refractivity contribution is -0.132. The predicted octanol–water partition coefficient (Wildman–Crippen LogP) is -1.15. The fourth-order valence-electron chi connectivity index (χ4n) is 1.95. The fraction of sp³-hybridized carbons (Fsp3) is 0.900. The first-order valence-corrected chi connectivity index (χ1v) is 7.71. The Kier molecular flexibility index (Phi) is 6.00. The lowest BCUT2D eigenvalue weighted by atomic mass is 10.1. The average molecular weight is 278 g/mol. The normalized spacial score (nSPS) is 18.0. The summed E-state index contributed by atoms with van der Waals surface area (Å²) in [4.78, 5) is 13.5. The molecule has 18 heavy (non-hydrogen) atoms. The topological polar surface area (TPSA) is 110 Å². The van der Waals surface area contributed by atoms with Crippen molar-refractivity contribution in [2.75, 3.05) is 32.7 Å². The molecule has 0 saturated carbocycles. The molecule has 8 heteroatoms. The van der Waals surface area contributed by atoms with Gasteiger partial charge in [-0.2, -0.15) is 12.7 Å². The van der Waals surface area contributed by atoms with Crippen LogP contribution in [-0.4, -0.2) is 56.3 Å². The van der Waals surface area contributed by atoms with E-state index in [1.165, 1.54) is 4.31 Å². The maximum absolute atomic E-state index is 11.8. The van der Waals surface area contributed by atoms with Crippen molar-refractivity contribution in [1.29, 1.82) is 0 Å². The first kappa shape index (κ1) is 15.4. The minimum atomic E-state index is -3.62. The number of unbranched alkanes of at least 4 members (excludes halogenated alkanes) is 2. The van der Waals surface area contributed by atoms with Crippen LogP contribution in [0.4, 0.5) is 0 Å². The van der Waals surface area contributed by atoms with Crippen molar-refractivity contribution in [3.05, 3.63) is 0 Å². The number of amides is 1. The molecule has 1 aliphatic rings. The van der Waals surface area contributed by atoms with Gasteiger partial charge < -0.3 is 10.6 Å². The average Bonchev–Trinajstić information content (AvgIpc) is 2.33. The molecule has 1 saturated heterocycles. The van der Waals surface area contributed by atoms with Crippen LogP contribution in [0.5, 0.6) is 0 Å². The summed E-state index contributed by atoms with van der Waals surface area (Å²) in [6, 6.07) is 0. The molecule has 0 aliphatic carbocycles. The summed E-state index contributed by atoms with van der Waals surface area (Å²) < 4.78 is 23.4. The molecule has 0 aromatic heterocycles. The van der Waals surface area contributed by atoms with E-state index in [4.69, 9.17) is 10.9 Å². The van der Waals surface area contributed by atoms with E-state index >= 15 is 0 Å². The highest BCUT2D eigenvalue weighted by Gasteiger charge is 2.25. The monoisotopic (exact) mass is 278 g/mol. The molecule has 0 atom stereocenters. The summed E-state index contributed by atoms with van der Waals surface area (Å²) in [6.07, 6.45) is 3.24. The minimum Gasteiger partial charge on any atom is -0.340 e. The van der Waals surface area contributed by atoms with Crippen molar-refractivity contribution < 1.29 is 13.2 Å². The van der Waals surface area contributed by atoms with Gasteiger partial charge in [-0.25, -0.2) is 5.14 Å².